The van der Waals surface area contributed by atoms with Crippen LogP contribution in [0, 0.1) is 58.7 Å². The van der Waals surface area contributed by atoms with Gasteiger partial charge in [-0.1, -0.05) is 45.5 Å². The maximum absolute atomic E-state index is 13.5. The topological polar surface area (TPSA) is 186 Å². The summed E-state index contributed by atoms with van der Waals surface area (Å²) in [6.45, 7) is 10.1. The minimum atomic E-state index is -0.527. The molecule has 4 unspecified atom stereocenters. The van der Waals surface area contributed by atoms with E-state index in [1.54, 1.807) is 30.4 Å². The van der Waals surface area contributed by atoms with Gasteiger partial charge in [0.2, 0.25) is 11.5 Å². The Morgan fingerprint density at radius 3 is 1.45 bits per heavy atom. The van der Waals surface area contributed by atoms with E-state index in [4.69, 9.17) is 24.9 Å². The number of carbonyl (C=O) groups excluding carboxylic acids is 3. The van der Waals surface area contributed by atoms with Crippen LogP contribution < -0.4 is 20.1 Å². The Morgan fingerprint density at radius 1 is 0.697 bits per heavy atom. The van der Waals surface area contributed by atoms with E-state index in [9.17, 15) is 24.6 Å². The average molecular weight is 949 g/mol. The van der Waals surface area contributed by atoms with Crippen LogP contribution in [0.25, 0.3) is 0 Å². The van der Waals surface area contributed by atoms with E-state index in [2.05, 4.69) is 26.9 Å². The zero-order chi connectivity index (χ0) is 46.6. The first kappa shape index (κ1) is 47.9. The first-order valence-electron chi connectivity index (χ1n) is 25.0. The smallest absolute Gasteiger partial charge is 0.291 e. The zero-order valence-electron chi connectivity index (χ0n) is 39.7. The van der Waals surface area contributed by atoms with Crippen LogP contribution in [0.1, 0.15) is 178 Å². The van der Waals surface area contributed by atoms with Crippen LogP contribution in [0.4, 0.5) is 0 Å². The highest BCUT2D eigenvalue weighted by atomic mass is 32.2. The Balaban J connectivity index is 0.000000166. The molecule has 2 aromatic heterocycles. The molecule has 4 N–H and O–H groups in total. The molecule has 10 saturated carbocycles. The van der Waals surface area contributed by atoms with Crippen LogP contribution in [-0.2, 0) is 4.79 Å². The summed E-state index contributed by atoms with van der Waals surface area (Å²) in [4.78, 5) is 39.8. The number of terminal acetylenes is 1. The number of aliphatic hydroxyl groups is 2. The number of nitrogens with zero attached hydrogens (tertiary/aromatic N) is 2. The number of ether oxygens (including phenoxy) is 2. The Bertz CT molecular complexity index is 2120. The summed E-state index contributed by atoms with van der Waals surface area (Å²) in [5.74, 6) is 6.17. The standard InChI is InChI=1S/C26H38N2O5S.C25H34N2O4S/c1-15(29)10-25(2,3)14-32-24-22(34-19-6-4-5-7-19)21(33-28-24)23(30)27-20-17-8-16-9-18(20)13-26(31,11-16)12-17;1-4-24(2,3)14-30-23-21(32-18-7-5-6-8-18)20(31-27-23)22(28)26-19-16-9-15-10-17(19)13-25(29,11-15)12-16/h16-20,31H,4-14H2,1-3H3,(H,27,30);1,15-19,29H,5-14H2,2-3H3,(H,26,28). The van der Waals surface area contributed by atoms with Crippen molar-refractivity contribution in [3.63, 3.8) is 0 Å². The summed E-state index contributed by atoms with van der Waals surface area (Å²) in [5.41, 5.74) is -1.81. The zero-order valence-corrected chi connectivity index (χ0v) is 41.3. The maximum atomic E-state index is 13.5. The number of nitrogens with one attached hydrogen (secondary N) is 2. The van der Waals surface area contributed by atoms with Crippen molar-refractivity contribution in [2.45, 2.75) is 200 Å². The second kappa shape index (κ2) is 19.0. The van der Waals surface area contributed by atoms with Gasteiger partial charge < -0.3 is 44.2 Å². The van der Waals surface area contributed by atoms with Gasteiger partial charge in [0, 0.05) is 34.4 Å². The van der Waals surface area contributed by atoms with Crippen molar-refractivity contribution in [1.82, 2.24) is 20.9 Å². The molecular weight excluding hydrogens is 877 g/mol. The maximum Gasteiger partial charge on any atom is 0.291 e. The van der Waals surface area contributed by atoms with Gasteiger partial charge in [0.05, 0.1) is 23.2 Å². The molecular formula is C51H72N4O9S2. The SMILES string of the molecule is C#CC(C)(C)COc1noc(C(=O)NC2C3CC4CC2CC(O)(C4)C3)c1SC1CCCC1.CC(=O)CC(C)(C)COc1noc(C(=O)NC2C3CC4CC2CC(O)(C4)C3)c1SC1CCCC1. The lowest BCUT2D eigenvalue weighted by atomic mass is 9.52. The van der Waals surface area contributed by atoms with Crippen LogP contribution in [0.2, 0.25) is 0 Å². The van der Waals surface area contributed by atoms with E-state index >= 15 is 0 Å². The van der Waals surface area contributed by atoms with Gasteiger partial charge in [0.25, 0.3) is 23.6 Å². The second-order valence-electron chi connectivity index (χ2n) is 23.4. The second-order valence-corrected chi connectivity index (χ2v) is 26.0. The van der Waals surface area contributed by atoms with Crippen LogP contribution in [0.5, 0.6) is 11.8 Å². The van der Waals surface area contributed by atoms with Gasteiger partial charge in [0.15, 0.2) is 0 Å². The molecule has 13 nitrogen and oxygen atoms in total. The van der Waals surface area contributed by atoms with Crippen LogP contribution in [0.15, 0.2) is 18.8 Å². The summed E-state index contributed by atoms with van der Waals surface area (Å²) in [6.07, 6.45) is 24.7. The Kier molecular flexibility index (Phi) is 13.7. The fraction of sp³-hybridized carbons (Fsp3) is 0.784. The highest BCUT2D eigenvalue weighted by Gasteiger charge is 2.56. The van der Waals surface area contributed by atoms with Crippen molar-refractivity contribution >= 4 is 41.1 Å². The molecule has 0 radical (unpaired) electrons. The van der Waals surface area contributed by atoms with Crippen molar-refractivity contribution in [2.24, 2.45) is 46.3 Å². The minimum absolute atomic E-state index is 0.0811. The molecule has 2 aromatic rings. The summed E-state index contributed by atoms with van der Waals surface area (Å²) >= 11 is 3.30. The van der Waals surface area contributed by atoms with Gasteiger partial charge in [-0.15, -0.1) is 29.9 Å². The van der Waals surface area contributed by atoms with E-state index in [1.165, 1.54) is 25.7 Å². The average Bonchev–Trinajstić information content (AvgIpc) is 4.08. The van der Waals surface area contributed by atoms with Gasteiger partial charge in [-0.05, 0) is 156 Å². The highest BCUT2D eigenvalue weighted by Crippen LogP contribution is 2.57. The molecule has 10 aliphatic carbocycles. The number of thioether (sulfide) groups is 2. The molecule has 12 rings (SSSR count). The lowest BCUT2D eigenvalue weighted by molar-refractivity contribution is -0.137. The van der Waals surface area contributed by atoms with Crippen molar-refractivity contribution < 1.29 is 43.1 Å². The van der Waals surface area contributed by atoms with Gasteiger partial charge >= 0.3 is 0 Å². The van der Waals surface area contributed by atoms with Crippen LogP contribution in [0.3, 0.4) is 0 Å². The van der Waals surface area contributed by atoms with Gasteiger partial charge in [-0.3, -0.25) is 9.59 Å². The molecule has 0 saturated heterocycles. The minimum Gasteiger partial charge on any atom is -0.474 e. The van der Waals surface area contributed by atoms with E-state index in [1.807, 2.05) is 27.7 Å². The number of amides is 2. The number of carbonyl (C=O) groups is 3. The highest BCUT2D eigenvalue weighted by molar-refractivity contribution is 8.00. The van der Waals surface area contributed by atoms with Gasteiger partial charge in [-0.2, -0.15) is 0 Å². The van der Waals surface area contributed by atoms with Crippen molar-refractivity contribution in [3.8, 4) is 24.1 Å². The normalized spacial score (nSPS) is 33.4. The Hall–Kier alpha value is -3.19. The summed E-state index contributed by atoms with van der Waals surface area (Å²) < 4.78 is 23.2. The van der Waals surface area contributed by atoms with E-state index in [0.717, 1.165) is 89.9 Å². The largest absolute Gasteiger partial charge is 0.474 e. The van der Waals surface area contributed by atoms with E-state index in [0.29, 0.717) is 87.2 Å². The number of hydrogen-bond donors (Lipinski definition) is 4. The Labute approximate surface area is 398 Å². The van der Waals surface area contributed by atoms with Crippen LogP contribution >= 0.6 is 23.5 Å². The number of aromatic nitrogens is 2. The van der Waals surface area contributed by atoms with Gasteiger partial charge in [0.1, 0.15) is 22.2 Å². The van der Waals surface area contributed by atoms with Crippen LogP contribution in [-0.4, -0.2) is 85.1 Å². The third kappa shape index (κ3) is 10.7. The molecule has 2 heterocycles. The number of rotatable bonds is 16. The molecule has 0 spiro atoms. The summed E-state index contributed by atoms with van der Waals surface area (Å²) in [7, 11) is 0. The lowest BCUT2D eigenvalue weighted by Crippen LogP contribution is -2.61. The lowest BCUT2D eigenvalue weighted by Gasteiger charge is -2.58. The predicted molar refractivity (Wildman–Crippen MR) is 251 cm³/mol. The molecule has 66 heavy (non-hydrogen) atoms. The monoisotopic (exact) mass is 948 g/mol. The van der Waals surface area contributed by atoms with E-state index < -0.39 is 16.6 Å². The molecule has 15 heteroatoms. The third-order valence-corrected chi connectivity index (χ3v) is 19.0. The fourth-order valence-corrected chi connectivity index (χ4v) is 16.4. The van der Waals surface area contributed by atoms with Crippen molar-refractivity contribution in [2.75, 3.05) is 13.2 Å². The fourth-order valence-electron chi connectivity index (χ4n) is 13.7. The summed E-state index contributed by atoms with van der Waals surface area (Å²) in [5, 5.41) is 37.4. The van der Waals surface area contributed by atoms with Crippen molar-refractivity contribution in [3.05, 3.63) is 11.5 Å². The molecule has 0 aliphatic heterocycles. The molecule has 10 fully saturated rings. The molecule has 2 amide bonds. The number of ketones is 1. The first-order valence-corrected chi connectivity index (χ1v) is 26.7. The van der Waals surface area contributed by atoms with Crippen molar-refractivity contribution in [1.29, 1.82) is 0 Å². The quantitative estimate of drug-likeness (QED) is 0.117. The summed E-state index contributed by atoms with van der Waals surface area (Å²) in [6, 6.07) is 0.177. The number of Topliss-reactive ketones (excluding diaryl/α,β-unsaturated/α-hetero) is 1. The number of hydrogen-bond acceptors (Lipinski definition) is 13. The molecule has 0 aromatic carbocycles. The van der Waals surface area contributed by atoms with E-state index in [-0.39, 0.29) is 46.6 Å². The molecule has 8 bridgehead atoms. The third-order valence-electron chi connectivity index (χ3n) is 16.2. The Morgan fingerprint density at radius 2 is 1.09 bits per heavy atom. The van der Waals surface area contributed by atoms with Gasteiger partial charge in [-0.25, -0.2) is 0 Å². The molecule has 10 aliphatic rings. The molecule has 362 valence electrons. The first-order chi connectivity index (χ1) is 31.4. The predicted octanol–water partition coefficient (Wildman–Crippen LogP) is 9.18. The molecule has 4 atom stereocenters.